The number of nitrogens with one attached hydrogen (secondary N) is 1. The molecule has 4 aromatic rings. The van der Waals surface area contributed by atoms with E-state index in [1.54, 1.807) is 25.4 Å². The van der Waals surface area contributed by atoms with Gasteiger partial charge in [-0.3, -0.25) is 4.98 Å². The van der Waals surface area contributed by atoms with Gasteiger partial charge in [0.05, 0.1) is 31.5 Å². The van der Waals surface area contributed by atoms with Crippen LogP contribution in [-0.2, 0) is 4.74 Å². The number of ether oxygens (including phenoxy) is 2. The molecular formula is C27H23N3O4S. The lowest BCUT2D eigenvalue weighted by Gasteiger charge is -2.26. The molecule has 7 nitrogen and oxygen atoms in total. The van der Waals surface area contributed by atoms with Gasteiger partial charge < -0.3 is 24.1 Å². The normalized spacial score (nSPS) is 17.2. The van der Waals surface area contributed by atoms with E-state index in [0.29, 0.717) is 16.4 Å². The molecule has 2 aromatic heterocycles. The van der Waals surface area contributed by atoms with Gasteiger partial charge in [0, 0.05) is 23.5 Å². The Morgan fingerprint density at radius 1 is 1.03 bits per heavy atom. The van der Waals surface area contributed by atoms with Crippen molar-refractivity contribution < 1.29 is 18.7 Å². The summed E-state index contributed by atoms with van der Waals surface area (Å²) in [5.74, 6) is 1.76. The highest BCUT2D eigenvalue weighted by molar-refractivity contribution is 7.80. The van der Waals surface area contributed by atoms with Crippen molar-refractivity contribution in [2.45, 2.75) is 12.1 Å². The van der Waals surface area contributed by atoms with Crippen LogP contribution in [0.3, 0.4) is 0 Å². The fourth-order valence-corrected chi connectivity index (χ4v) is 4.58. The number of methoxy groups -OCH3 is 2. The first-order valence-corrected chi connectivity index (χ1v) is 11.4. The maximum absolute atomic E-state index is 11.8. The molecule has 3 heterocycles. The Labute approximate surface area is 208 Å². The van der Waals surface area contributed by atoms with Crippen LogP contribution in [0.25, 0.3) is 11.3 Å². The van der Waals surface area contributed by atoms with Gasteiger partial charge in [0.2, 0.25) is 0 Å². The second-order valence-corrected chi connectivity index (χ2v) is 8.36. The Bertz CT molecular complexity index is 1350. The predicted octanol–water partition coefficient (Wildman–Crippen LogP) is 5.31. The number of esters is 1. The second-order valence-electron chi connectivity index (χ2n) is 7.97. The number of hydrogen-bond donors (Lipinski definition) is 1. The summed E-state index contributed by atoms with van der Waals surface area (Å²) in [6, 6.07) is 24.0. The van der Waals surface area contributed by atoms with E-state index in [2.05, 4.69) is 10.3 Å². The number of benzene rings is 2. The lowest BCUT2D eigenvalue weighted by Crippen LogP contribution is -2.29. The highest BCUT2D eigenvalue weighted by Crippen LogP contribution is 2.43. The quantitative estimate of drug-likeness (QED) is 0.291. The number of furan rings is 1. The summed E-state index contributed by atoms with van der Waals surface area (Å²) >= 11 is 5.77. The van der Waals surface area contributed by atoms with Crippen LogP contribution in [0.2, 0.25) is 0 Å². The molecule has 0 amide bonds. The van der Waals surface area contributed by atoms with Gasteiger partial charge in [0.15, 0.2) is 5.11 Å². The molecule has 0 radical (unpaired) electrons. The van der Waals surface area contributed by atoms with Crippen LogP contribution in [0.1, 0.15) is 33.9 Å². The van der Waals surface area contributed by atoms with E-state index < -0.39 is 0 Å². The van der Waals surface area contributed by atoms with Gasteiger partial charge in [0.25, 0.3) is 0 Å². The van der Waals surface area contributed by atoms with Crippen LogP contribution in [0.15, 0.2) is 89.5 Å². The third-order valence-electron chi connectivity index (χ3n) is 5.94. The molecule has 176 valence electrons. The fourth-order valence-electron chi connectivity index (χ4n) is 4.24. The van der Waals surface area contributed by atoms with Crippen LogP contribution < -0.4 is 15.0 Å². The Morgan fingerprint density at radius 2 is 1.86 bits per heavy atom. The number of pyridine rings is 1. The summed E-state index contributed by atoms with van der Waals surface area (Å²) in [6.45, 7) is 0. The number of nitrogens with zero attached hydrogens (tertiary/aromatic N) is 2. The van der Waals surface area contributed by atoms with E-state index in [1.807, 2.05) is 71.6 Å². The van der Waals surface area contributed by atoms with Gasteiger partial charge in [-0.15, -0.1) is 0 Å². The Morgan fingerprint density at radius 3 is 2.57 bits per heavy atom. The molecular weight excluding hydrogens is 462 g/mol. The monoisotopic (exact) mass is 485 g/mol. The van der Waals surface area contributed by atoms with Gasteiger partial charge in [-0.05, 0) is 60.7 Å². The van der Waals surface area contributed by atoms with E-state index in [9.17, 15) is 4.79 Å². The van der Waals surface area contributed by atoms with E-state index in [4.69, 9.17) is 26.1 Å². The van der Waals surface area contributed by atoms with E-state index in [-0.39, 0.29) is 18.1 Å². The van der Waals surface area contributed by atoms with Crippen LogP contribution in [0, 0.1) is 0 Å². The van der Waals surface area contributed by atoms with E-state index >= 15 is 0 Å². The smallest absolute Gasteiger partial charge is 0.337 e. The Hall–Kier alpha value is -4.17. The van der Waals surface area contributed by atoms with Crippen LogP contribution in [0.5, 0.6) is 5.75 Å². The highest BCUT2D eigenvalue weighted by atomic mass is 32.1. The SMILES string of the molecule is COC(=O)c1ccc(-c2ccc([C@H]3[C@H](c4ccccn4)NC(=S)N3c3cccc(OC)c3)o2)cc1. The Balaban J connectivity index is 1.55. The molecule has 0 aliphatic carbocycles. The summed E-state index contributed by atoms with van der Waals surface area (Å²) in [4.78, 5) is 18.4. The Kier molecular flexibility index (Phi) is 6.20. The maximum atomic E-state index is 11.8. The van der Waals surface area contributed by atoms with E-state index in [0.717, 1.165) is 28.5 Å². The van der Waals surface area contributed by atoms with Crippen molar-refractivity contribution in [3.63, 3.8) is 0 Å². The number of anilines is 1. The molecule has 1 saturated heterocycles. The molecule has 1 fully saturated rings. The lowest BCUT2D eigenvalue weighted by molar-refractivity contribution is 0.0600. The number of carbonyl (C=O) groups is 1. The van der Waals surface area contributed by atoms with Crippen LogP contribution in [0.4, 0.5) is 5.69 Å². The minimum Gasteiger partial charge on any atom is -0.497 e. The third-order valence-corrected chi connectivity index (χ3v) is 6.25. The minimum atomic E-state index is -0.380. The fraction of sp³-hybridized carbons (Fsp3) is 0.148. The zero-order chi connectivity index (χ0) is 24.4. The molecule has 1 aliphatic rings. The molecule has 0 unspecified atom stereocenters. The molecule has 1 aliphatic heterocycles. The number of aromatic nitrogens is 1. The first kappa shape index (κ1) is 22.6. The number of rotatable bonds is 6. The molecule has 2 aromatic carbocycles. The summed E-state index contributed by atoms with van der Waals surface area (Å²) in [6.07, 6.45) is 1.77. The second kappa shape index (κ2) is 9.60. The van der Waals surface area contributed by atoms with Crippen LogP contribution in [-0.4, -0.2) is 30.3 Å². The molecule has 2 atom stereocenters. The standard InChI is InChI=1S/C27H23N3O4S/c1-32-20-7-5-6-19(16-20)30-25(24(29-27(30)35)21-8-3-4-15-28-21)23-14-13-22(34-23)17-9-11-18(12-10-17)26(31)33-2/h3-16,24-25H,1-2H3,(H,29,35)/t24-,25-/m0/s1. The van der Waals surface area contributed by atoms with Crippen molar-refractivity contribution in [3.05, 3.63) is 102 Å². The first-order valence-electron chi connectivity index (χ1n) is 11.0. The van der Waals surface area contributed by atoms with Gasteiger partial charge in [-0.2, -0.15) is 0 Å². The molecule has 5 rings (SSSR count). The average Bonchev–Trinajstić information content (AvgIpc) is 3.53. The lowest BCUT2D eigenvalue weighted by atomic mass is 10.0. The summed E-state index contributed by atoms with van der Waals surface area (Å²) in [7, 11) is 3.00. The predicted molar refractivity (Wildman–Crippen MR) is 136 cm³/mol. The molecule has 35 heavy (non-hydrogen) atoms. The van der Waals surface area contributed by atoms with E-state index in [1.165, 1.54) is 7.11 Å². The van der Waals surface area contributed by atoms with Gasteiger partial charge in [-0.1, -0.05) is 24.3 Å². The van der Waals surface area contributed by atoms with Gasteiger partial charge in [0.1, 0.15) is 23.3 Å². The third kappa shape index (κ3) is 4.36. The van der Waals surface area contributed by atoms with Crippen molar-refractivity contribution in [1.82, 2.24) is 10.3 Å². The zero-order valence-electron chi connectivity index (χ0n) is 19.2. The average molecular weight is 486 g/mol. The van der Waals surface area contributed by atoms with Crippen molar-refractivity contribution in [2.24, 2.45) is 0 Å². The molecule has 0 spiro atoms. The summed E-state index contributed by atoms with van der Waals surface area (Å²) in [5, 5.41) is 3.99. The van der Waals surface area contributed by atoms with Crippen molar-refractivity contribution in [2.75, 3.05) is 19.1 Å². The molecule has 0 saturated carbocycles. The number of thiocarbonyl (C=S) groups is 1. The van der Waals surface area contributed by atoms with Gasteiger partial charge in [-0.25, -0.2) is 4.79 Å². The molecule has 0 bridgehead atoms. The topological polar surface area (TPSA) is 76.8 Å². The number of hydrogen-bond acceptors (Lipinski definition) is 6. The van der Waals surface area contributed by atoms with Crippen molar-refractivity contribution in [3.8, 4) is 17.1 Å². The zero-order valence-corrected chi connectivity index (χ0v) is 20.0. The van der Waals surface area contributed by atoms with Crippen LogP contribution >= 0.6 is 12.2 Å². The van der Waals surface area contributed by atoms with Crippen molar-refractivity contribution >= 4 is 29.0 Å². The number of carbonyl (C=O) groups excluding carboxylic acids is 1. The summed E-state index contributed by atoms with van der Waals surface area (Å²) < 4.78 is 16.6. The maximum Gasteiger partial charge on any atom is 0.337 e. The first-order chi connectivity index (χ1) is 17.1. The molecule has 1 N–H and O–H groups in total. The van der Waals surface area contributed by atoms with Gasteiger partial charge >= 0.3 is 5.97 Å². The largest absolute Gasteiger partial charge is 0.497 e. The highest BCUT2D eigenvalue weighted by Gasteiger charge is 2.42. The van der Waals surface area contributed by atoms with Crippen molar-refractivity contribution in [1.29, 1.82) is 0 Å². The molecule has 8 heteroatoms. The summed E-state index contributed by atoms with van der Waals surface area (Å²) in [5.41, 5.74) is 3.06. The minimum absolute atomic E-state index is 0.226.